The van der Waals surface area contributed by atoms with Gasteiger partial charge in [0.25, 0.3) is 0 Å². The molecule has 0 saturated carbocycles. The molecule has 428 valence electrons. The second kappa shape index (κ2) is 23.8. The molecule has 6 aromatic heterocycles. The molecule has 0 aliphatic heterocycles. The Hall–Kier alpha value is -11.8. The summed E-state index contributed by atoms with van der Waals surface area (Å²) in [6.45, 7) is 4.00. The van der Waals surface area contributed by atoms with Gasteiger partial charge in [-0.05, 0) is 139 Å². The SMILES string of the molecule is CC.CN=C(/C=C\C=C\c1ccc2c(c1)c1cc(-c3cccc(-c4ccccc4)n3)ccc1n2-c1ccc2oc3ccc(-n4c5ccc(-c6cccc(-c7ccccc7)n6)cc5c5cc(-c6cccc(-c7ccccc7)n6)ccc54)cc3c2c1)c1ccccc1. The molecule has 0 aliphatic rings. The fourth-order valence-electron chi connectivity index (χ4n) is 12.6. The van der Waals surface area contributed by atoms with Gasteiger partial charge in [0.1, 0.15) is 11.2 Å². The van der Waals surface area contributed by atoms with Crippen molar-refractivity contribution in [3.63, 3.8) is 0 Å². The lowest BCUT2D eigenvalue weighted by molar-refractivity contribution is 0.669. The van der Waals surface area contributed by atoms with Crippen molar-refractivity contribution >= 4 is 77.3 Å². The molecule has 0 bridgehead atoms. The third-order valence-corrected chi connectivity index (χ3v) is 16.8. The highest BCUT2D eigenvalue weighted by molar-refractivity contribution is 6.14. The quantitative estimate of drug-likeness (QED) is 0.0902. The van der Waals surface area contributed by atoms with Gasteiger partial charge in [0.05, 0.1) is 61.9 Å². The van der Waals surface area contributed by atoms with E-state index in [2.05, 4.69) is 287 Å². The van der Waals surface area contributed by atoms with E-state index in [1.54, 1.807) is 0 Å². The van der Waals surface area contributed by atoms with Crippen LogP contribution in [0.4, 0.5) is 0 Å². The maximum absolute atomic E-state index is 6.72. The van der Waals surface area contributed by atoms with E-state index in [1.807, 2.05) is 57.3 Å². The smallest absolute Gasteiger partial charge is 0.135 e. The lowest BCUT2D eigenvalue weighted by Crippen LogP contribution is -1.95. The van der Waals surface area contributed by atoms with Crippen LogP contribution in [0.1, 0.15) is 25.0 Å². The van der Waals surface area contributed by atoms with Crippen molar-refractivity contribution in [3.05, 3.63) is 314 Å². The van der Waals surface area contributed by atoms with Gasteiger partial charge >= 0.3 is 0 Å². The second-order valence-electron chi connectivity index (χ2n) is 22.1. The van der Waals surface area contributed by atoms with Crippen molar-refractivity contribution in [2.45, 2.75) is 13.8 Å². The van der Waals surface area contributed by atoms with Gasteiger partial charge in [-0.1, -0.05) is 196 Å². The molecule has 7 heteroatoms. The third kappa shape index (κ3) is 10.2. The maximum Gasteiger partial charge on any atom is 0.135 e. The Bertz CT molecular complexity index is 5300. The van der Waals surface area contributed by atoms with Crippen molar-refractivity contribution in [2.24, 2.45) is 4.99 Å². The number of benzene rings is 10. The van der Waals surface area contributed by atoms with E-state index in [0.29, 0.717) is 0 Å². The molecule has 0 atom stereocenters. The molecule has 0 amide bonds. The number of pyridine rings is 3. The number of aromatic nitrogens is 5. The summed E-state index contributed by atoms with van der Waals surface area (Å²) in [6.07, 6.45) is 8.37. The van der Waals surface area contributed by atoms with E-state index in [0.717, 1.165) is 161 Å². The summed E-state index contributed by atoms with van der Waals surface area (Å²) in [4.78, 5) is 20.2. The molecule has 0 aliphatic carbocycles. The van der Waals surface area contributed by atoms with E-state index in [1.165, 1.54) is 0 Å². The van der Waals surface area contributed by atoms with Crippen molar-refractivity contribution < 1.29 is 4.42 Å². The van der Waals surface area contributed by atoms with Gasteiger partial charge in [-0.25, -0.2) is 15.0 Å². The molecule has 0 radical (unpaired) electrons. The van der Waals surface area contributed by atoms with Crippen LogP contribution in [0.5, 0.6) is 0 Å². The minimum atomic E-state index is 0.818. The molecular weight excluding hydrogens is 1100 g/mol. The lowest BCUT2D eigenvalue weighted by atomic mass is 10.0. The van der Waals surface area contributed by atoms with E-state index in [-0.39, 0.29) is 0 Å². The predicted molar refractivity (Wildman–Crippen MR) is 377 cm³/mol. The first-order chi connectivity index (χ1) is 44.5. The van der Waals surface area contributed by atoms with Crippen LogP contribution in [0.2, 0.25) is 0 Å². The highest BCUT2D eigenvalue weighted by Gasteiger charge is 2.20. The van der Waals surface area contributed by atoms with Gasteiger partial charge in [-0.15, -0.1) is 0 Å². The fraction of sp³-hybridized carbons (Fsp3) is 0.0361. The molecular formula is C83H60N6O. The molecule has 0 unspecified atom stereocenters. The molecule has 0 saturated heterocycles. The summed E-state index contributed by atoms with van der Waals surface area (Å²) >= 11 is 0. The Morgan fingerprint density at radius 3 is 1.10 bits per heavy atom. The zero-order valence-electron chi connectivity index (χ0n) is 50.0. The standard InChI is InChI=1S/C81H54N6O.C2H6/c1-82-69(54-20-6-2-7-21-54)28-15-14-19-53-35-41-76-63(47-53)64-48-58(73-32-16-29-70(83-73)55-22-8-3-9-23-55)36-42-77(64)86(76)61-39-45-80-67(51-61)68-52-62(40-46-81(68)88-80)87-78-43-37-59(74-33-17-30-71(84-74)56-24-10-4-11-25-56)49-65(78)66-50-60(38-44-79(66)87)75-34-18-31-72(85-75)57-26-12-5-13-27-57;1-2/h2-52H,1H3;1-2H3/b19-14+,28-15-,82-69?;. The average Bonchev–Trinajstić information content (AvgIpc) is 1.61. The van der Waals surface area contributed by atoms with Crippen molar-refractivity contribution in [3.8, 4) is 78.9 Å². The summed E-state index contributed by atoms with van der Waals surface area (Å²) in [5, 5.41) is 6.56. The van der Waals surface area contributed by atoms with Gasteiger partial charge in [-0.3, -0.25) is 4.99 Å². The molecule has 16 rings (SSSR count). The first-order valence-corrected chi connectivity index (χ1v) is 30.6. The lowest BCUT2D eigenvalue weighted by Gasteiger charge is -2.10. The van der Waals surface area contributed by atoms with Gasteiger partial charge in [0.2, 0.25) is 0 Å². The number of hydrogen-bond acceptors (Lipinski definition) is 5. The van der Waals surface area contributed by atoms with Gasteiger partial charge in [-0.2, -0.15) is 0 Å². The van der Waals surface area contributed by atoms with E-state index >= 15 is 0 Å². The summed E-state index contributed by atoms with van der Waals surface area (Å²) in [6, 6.07) is 100. The van der Waals surface area contributed by atoms with E-state index < -0.39 is 0 Å². The summed E-state index contributed by atoms with van der Waals surface area (Å²) in [7, 11) is 1.83. The Morgan fingerprint density at radius 1 is 0.333 bits per heavy atom. The number of rotatable bonds is 12. The number of aliphatic imine (C=N–C) groups is 1. The van der Waals surface area contributed by atoms with Crippen molar-refractivity contribution in [2.75, 3.05) is 7.05 Å². The zero-order chi connectivity index (χ0) is 60.5. The highest BCUT2D eigenvalue weighted by Crippen LogP contribution is 2.42. The second-order valence-corrected chi connectivity index (χ2v) is 22.1. The molecule has 10 aromatic carbocycles. The minimum Gasteiger partial charge on any atom is -0.456 e. The molecule has 0 N–H and O–H groups in total. The normalized spacial score (nSPS) is 11.9. The topological polar surface area (TPSA) is 74.0 Å². The third-order valence-electron chi connectivity index (χ3n) is 16.8. The van der Waals surface area contributed by atoms with Crippen LogP contribution in [-0.2, 0) is 0 Å². The van der Waals surface area contributed by atoms with Crippen LogP contribution in [0, 0.1) is 0 Å². The largest absolute Gasteiger partial charge is 0.456 e. The first kappa shape index (κ1) is 54.8. The zero-order valence-corrected chi connectivity index (χ0v) is 50.0. The Labute approximate surface area is 522 Å². The number of allylic oxidation sites excluding steroid dienone is 3. The van der Waals surface area contributed by atoms with E-state index in [4.69, 9.17) is 19.4 Å². The van der Waals surface area contributed by atoms with Gasteiger partial charge in [0.15, 0.2) is 0 Å². The van der Waals surface area contributed by atoms with Crippen LogP contribution in [0.15, 0.2) is 313 Å². The van der Waals surface area contributed by atoms with Crippen LogP contribution < -0.4 is 0 Å². The van der Waals surface area contributed by atoms with E-state index in [9.17, 15) is 0 Å². The van der Waals surface area contributed by atoms with Crippen LogP contribution >= 0.6 is 0 Å². The molecule has 6 heterocycles. The van der Waals surface area contributed by atoms with Crippen LogP contribution in [0.3, 0.4) is 0 Å². The Kier molecular flexibility index (Phi) is 14.5. The fourth-order valence-corrected chi connectivity index (χ4v) is 12.6. The monoisotopic (exact) mass is 1160 g/mol. The summed E-state index contributed by atoms with van der Waals surface area (Å²) < 4.78 is 11.5. The molecule has 16 aromatic rings. The number of fused-ring (bicyclic) bond motifs is 9. The van der Waals surface area contributed by atoms with Crippen molar-refractivity contribution in [1.82, 2.24) is 24.1 Å². The molecule has 7 nitrogen and oxygen atoms in total. The van der Waals surface area contributed by atoms with Gasteiger partial charge in [0, 0.05) is 84.1 Å². The first-order valence-electron chi connectivity index (χ1n) is 30.6. The maximum atomic E-state index is 6.72. The highest BCUT2D eigenvalue weighted by atomic mass is 16.3. The van der Waals surface area contributed by atoms with Crippen LogP contribution in [-0.4, -0.2) is 36.8 Å². The molecule has 90 heavy (non-hydrogen) atoms. The van der Waals surface area contributed by atoms with Gasteiger partial charge < -0.3 is 13.6 Å². The molecule has 0 spiro atoms. The predicted octanol–water partition coefficient (Wildman–Crippen LogP) is 21.7. The Morgan fingerprint density at radius 2 is 0.700 bits per heavy atom. The summed E-state index contributed by atoms with van der Waals surface area (Å²) in [5.41, 5.74) is 23.0. The van der Waals surface area contributed by atoms with Crippen molar-refractivity contribution in [1.29, 1.82) is 0 Å². The summed E-state index contributed by atoms with van der Waals surface area (Å²) in [5.74, 6) is 0. The number of hydrogen-bond donors (Lipinski definition) is 0. The van der Waals surface area contributed by atoms with Crippen LogP contribution in [0.25, 0.3) is 151 Å². The molecule has 0 fully saturated rings. The average molecular weight is 1160 g/mol. The number of nitrogens with zero attached hydrogens (tertiary/aromatic N) is 6. The minimum absolute atomic E-state index is 0.818. The number of furan rings is 1. The Balaban J connectivity index is 0.00000335.